The number of rotatable bonds is 11. The predicted molar refractivity (Wildman–Crippen MR) is 145 cm³/mol. The first kappa shape index (κ1) is 31.7. The summed E-state index contributed by atoms with van der Waals surface area (Å²) in [5.41, 5.74) is 2.63. The molecule has 3 aromatic carbocycles. The minimum absolute atomic E-state index is 0.178. The molecule has 12 nitrogen and oxygen atoms in total. The van der Waals surface area contributed by atoms with E-state index in [0.29, 0.717) is 17.5 Å². The zero-order valence-electron chi connectivity index (χ0n) is 21.8. The van der Waals surface area contributed by atoms with E-state index in [1.807, 2.05) is 0 Å². The molecule has 0 aliphatic heterocycles. The number of carbonyl (C=O) groups excluding carboxylic acids is 1. The molecule has 0 aromatic heterocycles. The number of benzene rings is 3. The Kier molecular flexibility index (Phi) is 10.8. The largest absolute Gasteiger partial charge is 0.478 e. The summed E-state index contributed by atoms with van der Waals surface area (Å²) in [4.78, 5) is 68.1. The summed E-state index contributed by atoms with van der Waals surface area (Å²) in [6.45, 7) is 2.07. The number of hydrogen-bond donors (Lipinski definition) is 6. The fourth-order valence-corrected chi connectivity index (χ4v) is 4.19. The molecule has 7 N–H and O–H groups in total. The summed E-state index contributed by atoms with van der Waals surface area (Å²) >= 11 is 0. The first-order valence-corrected chi connectivity index (χ1v) is 12.2. The molecule has 0 saturated heterocycles. The van der Waals surface area contributed by atoms with E-state index in [1.54, 1.807) is 30.3 Å². The normalized spacial score (nSPS) is 10.2. The van der Waals surface area contributed by atoms with Crippen LogP contribution in [0.4, 0.5) is 0 Å². The maximum Gasteiger partial charge on any atom is 0.337 e. The number of amides is 1. The van der Waals surface area contributed by atoms with E-state index in [9.17, 15) is 49.2 Å². The Bertz CT molecular complexity index is 1480. The van der Waals surface area contributed by atoms with Crippen LogP contribution in [-0.2, 0) is 6.42 Å². The van der Waals surface area contributed by atoms with Gasteiger partial charge in [0.1, 0.15) is 0 Å². The molecule has 0 aliphatic rings. The van der Waals surface area contributed by atoms with Crippen LogP contribution in [0.3, 0.4) is 0 Å². The van der Waals surface area contributed by atoms with Crippen molar-refractivity contribution < 1.29 is 54.3 Å². The lowest BCUT2D eigenvalue weighted by Crippen LogP contribution is -2.20. The van der Waals surface area contributed by atoms with Crippen molar-refractivity contribution in [1.82, 2.24) is 0 Å². The van der Waals surface area contributed by atoms with Gasteiger partial charge in [-0.2, -0.15) is 0 Å². The van der Waals surface area contributed by atoms with Gasteiger partial charge >= 0.3 is 29.8 Å². The Morgan fingerprint density at radius 1 is 0.610 bits per heavy atom. The van der Waals surface area contributed by atoms with E-state index in [2.05, 4.69) is 6.92 Å². The van der Waals surface area contributed by atoms with Crippen LogP contribution in [0.1, 0.15) is 93.9 Å². The molecule has 0 aliphatic carbocycles. The van der Waals surface area contributed by atoms with Crippen LogP contribution in [0.2, 0.25) is 0 Å². The highest BCUT2D eigenvalue weighted by molar-refractivity contribution is 6.16. The maximum absolute atomic E-state index is 11.6. The maximum atomic E-state index is 11.6. The van der Waals surface area contributed by atoms with Crippen LogP contribution < -0.4 is 5.73 Å². The molecular weight excluding hydrogens is 538 g/mol. The van der Waals surface area contributed by atoms with Gasteiger partial charge in [0.05, 0.1) is 27.8 Å². The molecule has 0 spiro atoms. The third kappa shape index (κ3) is 7.53. The number of carboxylic acid groups (broad SMARTS) is 5. The minimum Gasteiger partial charge on any atom is -0.478 e. The molecule has 12 heteroatoms. The van der Waals surface area contributed by atoms with Crippen molar-refractivity contribution in [2.45, 2.75) is 32.6 Å². The average Bonchev–Trinajstić information content (AvgIpc) is 2.92. The number of primary amides is 1. The Morgan fingerprint density at radius 3 is 1.61 bits per heavy atom. The highest BCUT2D eigenvalue weighted by Gasteiger charge is 2.32. The SMILES string of the molecule is CCCCCc1c(C(N)=O)cccc1C(=O)O.O=C(O)c1cc(-c2ccccc2)c(C(=O)O)c(C(=O)O)c1C(=O)O. The van der Waals surface area contributed by atoms with Crippen molar-refractivity contribution in [3.8, 4) is 11.1 Å². The monoisotopic (exact) mass is 565 g/mol. The average molecular weight is 566 g/mol. The Morgan fingerprint density at radius 2 is 1.15 bits per heavy atom. The number of hydrogen-bond acceptors (Lipinski definition) is 6. The predicted octanol–water partition coefficient (Wildman–Crippen LogP) is 4.36. The van der Waals surface area contributed by atoms with Crippen molar-refractivity contribution in [3.05, 3.63) is 93.5 Å². The lowest BCUT2D eigenvalue weighted by atomic mass is 9.88. The summed E-state index contributed by atoms with van der Waals surface area (Å²) in [5, 5.41) is 46.2. The summed E-state index contributed by atoms with van der Waals surface area (Å²) in [7, 11) is 0. The van der Waals surface area contributed by atoms with Crippen LogP contribution in [0.15, 0.2) is 54.6 Å². The number of carboxylic acids is 5. The topological polar surface area (TPSA) is 230 Å². The van der Waals surface area contributed by atoms with E-state index in [0.717, 1.165) is 25.3 Å². The quantitative estimate of drug-likeness (QED) is 0.179. The van der Waals surface area contributed by atoms with Crippen molar-refractivity contribution in [1.29, 1.82) is 0 Å². The second kappa shape index (κ2) is 14.0. The van der Waals surface area contributed by atoms with Crippen molar-refractivity contribution in [2.75, 3.05) is 0 Å². The Hall–Kier alpha value is -5.52. The third-order valence-electron chi connectivity index (χ3n) is 5.99. The summed E-state index contributed by atoms with van der Waals surface area (Å²) < 4.78 is 0. The molecule has 214 valence electrons. The number of aromatic carboxylic acids is 5. The number of unbranched alkanes of at least 4 members (excludes halogenated alkanes) is 2. The fraction of sp³-hybridized carbons (Fsp3) is 0.172. The third-order valence-corrected chi connectivity index (χ3v) is 5.99. The van der Waals surface area contributed by atoms with Crippen molar-refractivity contribution in [2.24, 2.45) is 5.73 Å². The van der Waals surface area contributed by atoms with Gasteiger partial charge < -0.3 is 31.3 Å². The highest BCUT2D eigenvalue weighted by atomic mass is 16.4. The van der Waals surface area contributed by atoms with Gasteiger partial charge in [-0.05, 0) is 47.7 Å². The van der Waals surface area contributed by atoms with E-state index in [-0.39, 0.29) is 16.7 Å². The molecule has 3 rings (SSSR count). The lowest BCUT2D eigenvalue weighted by molar-refractivity contribution is 0.0620. The molecule has 0 radical (unpaired) electrons. The molecular formula is C29H27NO11. The van der Waals surface area contributed by atoms with E-state index in [4.69, 9.17) is 10.8 Å². The van der Waals surface area contributed by atoms with Gasteiger partial charge in [-0.15, -0.1) is 0 Å². The standard InChI is InChI=1S/C16H10O8.C13H17NO3/c17-13(18)9-6-8(7-4-2-1-3-5-7)10(14(19)20)12(16(23)24)11(9)15(21)22;1-2-3-4-6-9-10(12(14)15)7-5-8-11(9)13(16)17/h1-6H,(H,17,18)(H,19,20)(H,21,22)(H,23,24);5,7-8H,2-4,6H2,1H3,(H2,14,15)(H,16,17). The summed E-state index contributed by atoms with van der Waals surface area (Å²) in [6, 6.07) is 13.1. The van der Waals surface area contributed by atoms with Gasteiger partial charge in [0.2, 0.25) is 5.91 Å². The lowest BCUT2D eigenvalue weighted by Gasteiger charge is -2.14. The zero-order chi connectivity index (χ0) is 30.9. The van der Waals surface area contributed by atoms with Gasteiger partial charge in [0.25, 0.3) is 0 Å². The highest BCUT2D eigenvalue weighted by Crippen LogP contribution is 2.32. The smallest absolute Gasteiger partial charge is 0.337 e. The molecule has 0 atom stereocenters. The van der Waals surface area contributed by atoms with Crippen LogP contribution in [0, 0.1) is 0 Å². The van der Waals surface area contributed by atoms with Crippen LogP contribution >= 0.6 is 0 Å². The molecule has 3 aromatic rings. The van der Waals surface area contributed by atoms with Gasteiger partial charge in [-0.3, -0.25) is 4.79 Å². The Balaban J connectivity index is 0.000000305. The Labute approximate surface area is 233 Å². The zero-order valence-corrected chi connectivity index (χ0v) is 21.8. The molecule has 0 unspecified atom stereocenters. The number of nitrogens with two attached hydrogens (primary N) is 1. The summed E-state index contributed by atoms with van der Waals surface area (Å²) in [6.07, 6.45) is 3.49. The van der Waals surface area contributed by atoms with E-state index < -0.39 is 58.0 Å². The first-order valence-electron chi connectivity index (χ1n) is 12.2. The van der Waals surface area contributed by atoms with E-state index in [1.165, 1.54) is 18.2 Å². The first-order chi connectivity index (χ1) is 19.3. The van der Waals surface area contributed by atoms with E-state index >= 15 is 0 Å². The van der Waals surface area contributed by atoms with Gasteiger partial charge in [-0.25, -0.2) is 24.0 Å². The molecule has 41 heavy (non-hydrogen) atoms. The fourth-order valence-electron chi connectivity index (χ4n) is 4.19. The van der Waals surface area contributed by atoms with Crippen LogP contribution in [-0.4, -0.2) is 61.3 Å². The van der Waals surface area contributed by atoms with Crippen molar-refractivity contribution in [3.63, 3.8) is 0 Å². The number of carbonyl (C=O) groups is 6. The summed E-state index contributed by atoms with van der Waals surface area (Å²) in [5.74, 6) is -8.62. The molecule has 0 heterocycles. The molecule has 0 saturated carbocycles. The van der Waals surface area contributed by atoms with Gasteiger partial charge in [-0.1, -0.05) is 56.2 Å². The minimum atomic E-state index is -1.84. The van der Waals surface area contributed by atoms with Gasteiger partial charge in [0.15, 0.2) is 0 Å². The van der Waals surface area contributed by atoms with Crippen molar-refractivity contribution >= 4 is 35.8 Å². The molecule has 0 fully saturated rings. The van der Waals surface area contributed by atoms with Gasteiger partial charge in [0, 0.05) is 5.56 Å². The second-order valence-electron chi connectivity index (χ2n) is 8.64. The van der Waals surface area contributed by atoms with Crippen LogP contribution in [0.25, 0.3) is 11.1 Å². The van der Waals surface area contributed by atoms with Crippen LogP contribution in [0.5, 0.6) is 0 Å². The second-order valence-corrected chi connectivity index (χ2v) is 8.64. The molecule has 0 bridgehead atoms. The molecule has 1 amide bonds.